The third-order valence-corrected chi connectivity index (χ3v) is 5.17. The highest BCUT2D eigenvalue weighted by molar-refractivity contribution is 5.96. The predicted molar refractivity (Wildman–Crippen MR) is 91.4 cm³/mol. The molecule has 0 saturated heterocycles. The highest BCUT2D eigenvalue weighted by Gasteiger charge is 2.39. The fraction of sp³-hybridized carbons (Fsp3) is 0.833. The quantitative estimate of drug-likeness (QED) is 0.723. The SMILES string of the molecule is CCCCCC[C@@H](C)C1=C(C)NC2(C)CCC(N)CC2=N1. The number of allylic oxidation sites excluding steroid dienone is 2. The molecule has 120 valence electrons. The summed E-state index contributed by atoms with van der Waals surface area (Å²) >= 11 is 0. The Kier molecular flexibility index (Phi) is 5.48. The third-order valence-electron chi connectivity index (χ3n) is 5.17. The molecule has 3 atom stereocenters. The number of nitrogens with two attached hydrogens (primary N) is 1. The van der Waals surface area contributed by atoms with Gasteiger partial charge in [-0.15, -0.1) is 0 Å². The molecule has 0 aromatic rings. The zero-order valence-electron chi connectivity index (χ0n) is 14.3. The van der Waals surface area contributed by atoms with Crippen LogP contribution in [0.5, 0.6) is 0 Å². The van der Waals surface area contributed by atoms with Gasteiger partial charge in [0, 0.05) is 29.8 Å². The Bertz CT molecular complexity index is 424. The number of hydrogen-bond acceptors (Lipinski definition) is 3. The van der Waals surface area contributed by atoms with E-state index in [9.17, 15) is 0 Å². The molecule has 1 fully saturated rings. The van der Waals surface area contributed by atoms with E-state index in [2.05, 4.69) is 33.0 Å². The first-order valence-corrected chi connectivity index (χ1v) is 8.79. The fourth-order valence-electron chi connectivity index (χ4n) is 3.70. The van der Waals surface area contributed by atoms with Gasteiger partial charge in [-0.2, -0.15) is 0 Å². The normalized spacial score (nSPS) is 30.5. The summed E-state index contributed by atoms with van der Waals surface area (Å²) in [7, 11) is 0. The molecular formula is C18H33N3. The van der Waals surface area contributed by atoms with Crippen molar-refractivity contribution in [1.82, 2.24) is 5.32 Å². The van der Waals surface area contributed by atoms with Gasteiger partial charge in [0.05, 0.1) is 11.2 Å². The number of fused-ring (bicyclic) bond motifs is 1. The molecule has 0 spiro atoms. The van der Waals surface area contributed by atoms with Crippen LogP contribution in [0, 0.1) is 5.92 Å². The lowest BCUT2D eigenvalue weighted by atomic mass is 9.77. The lowest BCUT2D eigenvalue weighted by Crippen LogP contribution is -2.56. The maximum atomic E-state index is 6.15. The number of rotatable bonds is 6. The van der Waals surface area contributed by atoms with Crippen LogP contribution >= 0.6 is 0 Å². The van der Waals surface area contributed by atoms with Crippen molar-refractivity contribution in [3.05, 3.63) is 11.4 Å². The Morgan fingerprint density at radius 2 is 2.14 bits per heavy atom. The van der Waals surface area contributed by atoms with Gasteiger partial charge in [-0.3, -0.25) is 4.99 Å². The molecular weight excluding hydrogens is 258 g/mol. The summed E-state index contributed by atoms with van der Waals surface area (Å²) in [5.74, 6) is 0.546. The van der Waals surface area contributed by atoms with Crippen molar-refractivity contribution in [3.8, 4) is 0 Å². The van der Waals surface area contributed by atoms with Crippen LogP contribution in [0.1, 0.15) is 79.1 Å². The van der Waals surface area contributed by atoms with E-state index in [-0.39, 0.29) is 11.6 Å². The van der Waals surface area contributed by atoms with E-state index in [4.69, 9.17) is 10.7 Å². The highest BCUT2D eigenvalue weighted by atomic mass is 15.1. The Balaban J connectivity index is 2.04. The van der Waals surface area contributed by atoms with Crippen LogP contribution in [0.15, 0.2) is 16.4 Å². The summed E-state index contributed by atoms with van der Waals surface area (Å²) in [6.07, 6.45) is 9.70. The molecule has 0 radical (unpaired) electrons. The molecule has 3 nitrogen and oxygen atoms in total. The van der Waals surface area contributed by atoms with Gasteiger partial charge >= 0.3 is 0 Å². The Morgan fingerprint density at radius 1 is 1.38 bits per heavy atom. The first-order valence-electron chi connectivity index (χ1n) is 8.79. The van der Waals surface area contributed by atoms with Gasteiger partial charge in [-0.1, -0.05) is 39.5 Å². The Hall–Kier alpha value is -0.830. The largest absolute Gasteiger partial charge is 0.377 e. The molecule has 3 N–H and O–H groups in total. The van der Waals surface area contributed by atoms with Gasteiger partial charge in [-0.25, -0.2) is 0 Å². The molecule has 1 aliphatic carbocycles. The molecule has 0 aromatic carbocycles. The molecule has 21 heavy (non-hydrogen) atoms. The number of nitrogens with one attached hydrogen (secondary N) is 1. The second kappa shape index (κ2) is 6.95. The minimum atomic E-state index is 0.0470. The Morgan fingerprint density at radius 3 is 2.86 bits per heavy atom. The van der Waals surface area contributed by atoms with E-state index in [1.165, 1.54) is 49.2 Å². The molecule has 1 saturated carbocycles. The van der Waals surface area contributed by atoms with Gasteiger partial charge in [0.15, 0.2) is 0 Å². The second-order valence-electron chi connectivity index (χ2n) is 7.28. The van der Waals surface area contributed by atoms with Crippen LogP contribution in [-0.2, 0) is 0 Å². The summed E-state index contributed by atoms with van der Waals surface area (Å²) in [4.78, 5) is 5.06. The summed E-state index contributed by atoms with van der Waals surface area (Å²) in [5.41, 5.74) is 10.0. The van der Waals surface area contributed by atoms with Crippen LogP contribution < -0.4 is 11.1 Å². The molecule has 2 rings (SSSR count). The molecule has 3 heteroatoms. The van der Waals surface area contributed by atoms with Gasteiger partial charge in [0.1, 0.15) is 0 Å². The second-order valence-corrected chi connectivity index (χ2v) is 7.28. The van der Waals surface area contributed by atoms with Gasteiger partial charge in [-0.05, 0) is 33.1 Å². The lowest BCUT2D eigenvalue weighted by Gasteiger charge is -2.43. The summed E-state index contributed by atoms with van der Waals surface area (Å²) in [6.45, 7) is 9.06. The first-order chi connectivity index (χ1) is 9.96. The smallest absolute Gasteiger partial charge is 0.0727 e. The van der Waals surface area contributed by atoms with Crippen molar-refractivity contribution < 1.29 is 0 Å². The summed E-state index contributed by atoms with van der Waals surface area (Å²) in [5, 5.41) is 3.74. The molecule has 0 aromatic heterocycles. The van der Waals surface area contributed by atoms with E-state index in [1.807, 2.05) is 0 Å². The third kappa shape index (κ3) is 3.88. The van der Waals surface area contributed by atoms with Gasteiger partial charge in [0.2, 0.25) is 0 Å². The average Bonchev–Trinajstić information content (AvgIpc) is 2.43. The number of aliphatic imine (C=N–C) groups is 1. The predicted octanol–water partition coefficient (Wildman–Crippen LogP) is 4.14. The Labute approximate surface area is 130 Å². The van der Waals surface area contributed by atoms with Crippen molar-refractivity contribution in [1.29, 1.82) is 0 Å². The zero-order chi connectivity index (χ0) is 15.5. The van der Waals surface area contributed by atoms with Crippen LogP contribution in [0.3, 0.4) is 0 Å². The van der Waals surface area contributed by atoms with E-state index in [0.29, 0.717) is 5.92 Å². The van der Waals surface area contributed by atoms with E-state index < -0.39 is 0 Å². The monoisotopic (exact) mass is 291 g/mol. The lowest BCUT2D eigenvalue weighted by molar-refractivity contribution is 0.382. The maximum Gasteiger partial charge on any atom is 0.0727 e. The standard InChI is InChI=1S/C18H33N3/c1-5-6-7-8-9-13(2)17-14(3)21-18(4)11-10-15(19)12-16(18)20-17/h13,15,21H,5-12,19H2,1-4H3/t13-,15?,18?/m1/s1. The van der Waals surface area contributed by atoms with Crippen molar-refractivity contribution in [3.63, 3.8) is 0 Å². The van der Waals surface area contributed by atoms with Crippen LogP contribution in [-0.4, -0.2) is 17.3 Å². The van der Waals surface area contributed by atoms with Gasteiger partial charge in [0.25, 0.3) is 0 Å². The number of unbranched alkanes of at least 4 members (excludes halogenated alkanes) is 3. The molecule has 0 bridgehead atoms. The molecule has 1 heterocycles. The molecule has 0 amide bonds. The minimum Gasteiger partial charge on any atom is -0.377 e. The summed E-state index contributed by atoms with van der Waals surface area (Å²) < 4.78 is 0. The highest BCUT2D eigenvalue weighted by Crippen LogP contribution is 2.34. The average molecular weight is 291 g/mol. The van der Waals surface area contributed by atoms with Crippen LogP contribution in [0.25, 0.3) is 0 Å². The van der Waals surface area contributed by atoms with Gasteiger partial charge < -0.3 is 11.1 Å². The van der Waals surface area contributed by atoms with E-state index in [1.54, 1.807) is 0 Å². The molecule has 2 unspecified atom stereocenters. The van der Waals surface area contributed by atoms with Crippen molar-refractivity contribution >= 4 is 5.71 Å². The maximum absolute atomic E-state index is 6.15. The first kappa shape index (κ1) is 16.5. The van der Waals surface area contributed by atoms with Crippen molar-refractivity contribution in [2.75, 3.05) is 0 Å². The van der Waals surface area contributed by atoms with E-state index in [0.717, 1.165) is 19.3 Å². The number of nitrogens with zero attached hydrogens (tertiary/aromatic N) is 1. The van der Waals surface area contributed by atoms with Crippen molar-refractivity contribution in [2.45, 2.75) is 90.6 Å². The molecule has 2 aliphatic rings. The van der Waals surface area contributed by atoms with Crippen LogP contribution in [0.2, 0.25) is 0 Å². The topological polar surface area (TPSA) is 50.4 Å². The van der Waals surface area contributed by atoms with Crippen molar-refractivity contribution in [2.24, 2.45) is 16.6 Å². The fourth-order valence-corrected chi connectivity index (χ4v) is 3.70. The minimum absolute atomic E-state index is 0.0470. The van der Waals surface area contributed by atoms with E-state index >= 15 is 0 Å². The van der Waals surface area contributed by atoms with Crippen LogP contribution in [0.4, 0.5) is 0 Å². The molecule has 1 aliphatic heterocycles. The summed E-state index contributed by atoms with van der Waals surface area (Å²) in [6, 6.07) is 0.290. The zero-order valence-corrected chi connectivity index (χ0v) is 14.3. The number of hydrogen-bond donors (Lipinski definition) is 2.